The fraction of sp³-hybridized carbons (Fsp3) is 0.200. The first-order chi connectivity index (χ1) is 14.5. The summed E-state index contributed by atoms with van der Waals surface area (Å²) in [7, 11) is 0. The van der Waals surface area contributed by atoms with Gasteiger partial charge in [0.25, 0.3) is 0 Å². The van der Waals surface area contributed by atoms with Crippen LogP contribution in [0.1, 0.15) is 27.0 Å². The van der Waals surface area contributed by atoms with Gasteiger partial charge in [0.1, 0.15) is 11.5 Å². The predicted octanol–water partition coefficient (Wildman–Crippen LogP) is 4.69. The van der Waals surface area contributed by atoms with Crippen molar-refractivity contribution in [3.63, 3.8) is 0 Å². The van der Waals surface area contributed by atoms with Crippen LogP contribution in [0.5, 0.6) is 11.5 Å². The fourth-order valence-corrected chi connectivity index (χ4v) is 2.78. The average Bonchev–Trinajstić information content (AvgIpc) is 2.75. The highest BCUT2D eigenvalue weighted by Gasteiger charge is 2.11. The maximum absolute atomic E-state index is 12.3. The molecule has 0 aromatic heterocycles. The highest BCUT2D eigenvalue weighted by atomic mass is 16.6. The lowest BCUT2D eigenvalue weighted by molar-refractivity contribution is -0.136. The Balaban J connectivity index is 1.49. The summed E-state index contributed by atoms with van der Waals surface area (Å²) in [5, 5.41) is 0. The van der Waals surface area contributed by atoms with Gasteiger partial charge in [0.15, 0.2) is 6.61 Å². The van der Waals surface area contributed by atoms with Gasteiger partial charge < -0.3 is 14.2 Å². The Bertz CT molecular complexity index is 1010. The number of benzene rings is 3. The maximum atomic E-state index is 12.3. The Morgan fingerprint density at radius 3 is 2.37 bits per heavy atom. The van der Waals surface area contributed by atoms with E-state index in [2.05, 4.69) is 0 Å². The fourth-order valence-electron chi connectivity index (χ4n) is 2.78. The second kappa shape index (κ2) is 10.3. The molecule has 0 spiro atoms. The van der Waals surface area contributed by atoms with Crippen molar-refractivity contribution in [3.05, 3.63) is 95.1 Å². The van der Waals surface area contributed by atoms with E-state index in [1.807, 2.05) is 62.4 Å². The van der Waals surface area contributed by atoms with Crippen molar-refractivity contribution >= 4 is 11.9 Å². The first-order valence-corrected chi connectivity index (χ1v) is 9.73. The van der Waals surface area contributed by atoms with E-state index in [9.17, 15) is 9.59 Å². The number of rotatable bonds is 8. The lowest BCUT2D eigenvalue weighted by Crippen LogP contribution is -2.18. The van der Waals surface area contributed by atoms with Crippen molar-refractivity contribution in [2.24, 2.45) is 0 Å². The van der Waals surface area contributed by atoms with Crippen LogP contribution >= 0.6 is 0 Å². The Morgan fingerprint density at radius 2 is 1.60 bits per heavy atom. The van der Waals surface area contributed by atoms with Gasteiger partial charge in [-0.05, 0) is 60.9 Å². The van der Waals surface area contributed by atoms with E-state index in [0.717, 1.165) is 16.7 Å². The van der Waals surface area contributed by atoms with Crippen molar-refractivity contribution in [2.75, 3.05) is 13.2 Å². The van der Waals surface area contributed by atoms with Crippen molar-refractivity contribution in [2.45, 2.75) is 20.3 Å². The summed E-state index contributed by atoms with van der Waals surface area (Å²) < 4.78 is 16.1. The van der Waals surface area contributed by atoms with Crippen LogP contribution in [0.3, 0.4) is 0 Å². The summed E-state index contributed by atoms with van der Waals surface area (Å²) in [5.74, 6) is -0.148. The van der Waals surface area contributed by atoms with Crippen LogP contribution in [-0.2, 0) is 16.0 Å². The summed E-state index contributed by atoms with van der Waals surface area (Å²) in [6.07, 6.45) is 0.636. The molecule has 0 heterocycles. The van der Waals surface area contributed by atoms with Gasteiger partial charge in [-0.3, -0.25) is 0 Å². The third-order valence-corrected chi connectivity index (χ3v) is 4.60. The molecule has 0 amide bonds. The second-order valence-electron chi connectivity index (χ2n) is 6.91. The summed E-state index contributed by atoms with van der Waals surface area (Å²) in [6, 6.07) is 21.7. The van der Waals surface area contributed by atoms with Crippen LogP contribution in [0.25, 0.3) is 0 Å². The number of hydrogen-bond donors (Lipinski definition) is 0. The number of esters is 2. The molecule has 154 valence electrons. The molecule has 0 aliphatic rings. The average molecular weight is 404 g/mol. The molecule has 0 atom stereocenters. The lowest BCUT2D eigenvalue weighted by Gasteiger charge is -2.09. The minimum absolute atomic E-state index is 0.228. The van der Waals surface area contributed by atoms with Crippen LogP contribution in [0, 0.1) is 13.8 Å². The molecule has 0 radical (unpaired) electrons. The minimum atomic E-state index is -0.553. The van der Waals surface area contributed by atoms with Crippen molar-refractivity contribution in [1.82, 2.24) is 0 Å². The lowest BCUT2D eigenvalue weighted by atomic mass is 10.1. The summed E-state index contributed by atoms with van der Waals surface area (Å²) in [6.45, 7) is 4.03. The van der Waals surface area contributed by atoms with Crippen LogP contribution in [0.15, 0.2) is 72.8 Å². The predicted molar refractivity (Wildman–Crippen MR) is 114 cm³/mol. The van der Waals surface area contributed by atoms with Crippen LogP contribution in [0.2, 0.25) is 0 Å². The minimum Gasteiger partial charge on any atom is -0.482 e. The van der Waals surface area contributed by atoms with Crippen molar-refractivity contribution < 1.29 is 23.8 Å². The van der Waals surface area contributed by atoms with Gasteiger partial charge in [-0.2, -0.15) is 0 Å². The quantitative estimate of drug-likeness (QED) is 0.403. The van der Waals surface area contributed by atoms with E-state index in [1.165, 1.54) is 6.07 Å². The van der Waals surface area contributed by atoms with Gasteiger partial charge in [0.05, 0.1) is 12.2 Å². The van der Waals surface area contributed by atoms with E-state index >= 15 is 0 Å². The summed E-state index contributed by atoms with van der Waals surface area (Å²) in [5.41, 5.74) is 3.65. The van der Waals surface area contributed by atoms with Crippen LogP contribution < -0.4 is 9.47 Å². The first kappa shape index (κ1) is 21.1. The monoisotopic (exact) mass is 404 g/mol. The molecule has 0 saturated carbocycles. The van der Waals surface area contributed by atoms with E-state index in [4.69, 9.17) is 14.2 Å². The van der Waals surface area contributed by atoms with Crippen molar-refractivity contribution in [1.29, 1.82) is 0 Å². The van der Waals surface area contributed by atoms with Crippen molar-refractivity contribution in [3.8, 4) is 11.5 Å². The number of carbonyl (C=O) groups is 2. The molecular formula is C25H24O5. The third-order valence-electron chi connectivity index (χ3n) is 4.60. The SMILES string of the molecule is Cc1ccc(OCC(=O)Oc2cccc(C(=O)OCCc3ccccc3)c2)cc1C. The smallest absolute Gasteiger partial charge is 0.349 e. The second-order valence-corrected chi connectivity index (χ2v) is 6.91. The van der Waals surface area contributed by atoms with Gasteiger partial charge in [-0.15, -0.1) is 0 Å². The molecule has 0 bridgehead atoms. The topological polar surface area (TPSA) is 61.8 Å². The number of ether oxygens (including phenoxy) is 3. The molecule has 0 unspecified atom stereocenters. The summed E-state index contributed by atoms with van der Waals surface area (Å²) >= 11 is 0. The molecule has 30 heavy (non-hydrogen) atoms. The molecular weight excluding hydrogens is 380 g/mol. The maximum Gasteiger partial charge on any atom is 0.349 e. The normalized spacial score (nSPS) is 10.3. The molecule has 0 fully saturated rings. The molecule has 3 aromatic carbocycles. The van der Waals surface area contributed by atoms with Gasteiger partial charge >= 0.3 is 11.9 Å². The Kier molecular flexibility index (Phi) is 7.22. The molecule has 0 aliphatic heterocycles. The first-order valence-electron chi connectivity index (χ1n) is 9.73. The van der Waals surface area contributed by atoms with Gasteiger partial charge in [0, 0.05) is 6.42 Å². The zero-order valence-corrected chi connectivity index (χ0v) is 17.1. The number of carbonyl (C=O) groups excluding carboxylic acids is 2. The van der Waals surface area contributed by atoms with Gasteiger partial charge in [-0.25, -0.2) is 9.59 Å². The van der Waals surface area contributed by atoms with Gasteiger partial charge in [-0.1, -0.05) is 42.5 Å². The molecule has 3 rings (SSSR count). The van der Waals surface area contributed by atoms with Crippen LogP contribution in [-0.4, -0.2) is 25.2 Å². The number of aryl methyl sites for hydroxylation is 2. The Hall–Kier alpha value is -3.60. The summed E-state index contributed by atoms with van der Waals surface area (Å²) in [4.78, 5) is 24.3. The largest absolute Gasteiger partial charge is 0.482 e. The van der Waals surface area contributed by atoms with Crippen LogP contribution in [0.4, 0.5) is 0 Å². The molecule has 3 aromatic rings. The molecule has 5 nitrogen and oxygen atoms in total. The Morgan fingerprint density at radius 1 is 0.800 bits per heavy atom. The Labute approximate surface area is 176 Å². The van der Waals surface area contributed by atoms with E-state index in [-0.39, 0.29) is 19.0 Å². The van der Waals surface area contributed by atoms with E-state index in [0.29, 0.717) is 17.7 Å². The van der Waals surface area contributed by atoms with E-state index < -0.39 is 11.9 Å². The number of hydrogen-bond acceptors (Lipinski definition) is 5. The van der Waals surface area contributed by atoms with Gasteiger partial charge in [0.2, 0.25) is 0 Å². The molecule has 0 aliphatic carbocycles. The van der Waals surface area contributed by atoms with E-state index in [1.54, 1.807) is 18.2 Å². The standard InChI is InChI=1S/C25H24O5/c1-18-11-12-22(15-19(18)2)29-17-24(26)30-23-10-6-9-21(16-23)25(27)28-14-13-20-7-4-3-5-8-20/h3-12,15-16H,13-14,17H2,1-2H3. The highest BCUT2D eigenvalue weighted by Crippen LogP contribution is 2.18. The molecule has 5 heteroatoms. The highest BCUT2D eigenvalue weighted by molar-refractivity contribution is 5.90. The zero-order valence-electron chi connectivity index (χ0n) is 17.1. The zero-order chi connectivity index (χ0) is 21.3. The third kappa shape index (κ3) is 6.21. The molecule has 0 saturated heterocycles. The molecule has 0 N–H and O–H groups in total.